The molecule has 1 fully saturated rings. The number of amides is 1. The molecule has 0 saturated carbocycles. The van der Waals surface area contributed by atoms with Crippen molar-refractivity contribution < 1.29 is 22.7 Å². The van der Waals surface area contributed by atoms with Gasteiger partial charge in [0, 0.05) is 26.2 Å². The highest BCUT2D eigenvalue weighted by atomic mass is 32.2. The van der Waals surface area contributed by atoms with Crippen LogP contribution in [0.15, 0.2) is 24.3 Å². The van der Waals surface area contributed by atoms with Gasteiger partial charge in [-0.3, -0.25) is 9.69 Å². The molecule has 1 amide bonds. The number of nitrogens with one attached hydrogen (secondary N) is 1. The predicted molar refractivity (Wildman–Crippen MR) is 95.3 cm³/mol. The molecule has 25 heavy (non-hydrogen) atoms. The largest absolute Gasteiger partial charge is 0.495 e. The van der Waals surface area contributed by atoms with E-state index >= 15 is 0 Å². The van der Waals surface area contributed by atoms with Crippen LogP contribution in [0.2, 0.25) is 0 Å². The number of carbonyl (C=O) groups is 1. The first-order valence-corrected chi connectivity index (χ1v) is 9.93. The smallest absolute Gasteiger partial charge is 0.239 e. The van der Waals surface area contributed by atoms with E-state index in [1.54, 1.807) is 24.3 Å². The Hall–Kier alpha value is -1.68. The summed E-state index contributed by atoms with van der Waals surface area (Å²) >= 11 is 0. The van der Waals surface area contributed by atoms with Crippen molar-refractivity contribution in [2.24, 2.45) is 0 Å². The van der Waals surface area contributed by atoms with E-state index in [4.69, 9.17) is 9.47 Å². The molecule has 0 spiro atoms. The Balaban J connectivity index is 1.95. The number of hydrogen-bond donors (Lipinski definition) is 1. The van der Waals surface area contributed by atoms with Crippen molar-refractivity contribution in [1.29, 1.82) is 0 Å². The van der Waals surface area contributed by atoms with Gasteiger partial charge in [0.05, 0.1) is 38.8 Å². The number of benzene rings is 1. The number of sulfonamides is 1. The number of nitrogens with zero attached hydrogens (tertiary/aromatic N) is 2. The Morgan fingerprint density at radius 2 is 2.00 bits per heavy atom. The molecule has 1 heterocycles. The zero-order valence-electron chi connectivity index (χ0n) is 14.6. The summed E-state index contributed by atoms with van der Waals surface area (Å²) < 4.78 is 35.6. The second kappa shape index (κ2) is 9.14. The minimum absolute atomic E-state index is 0.235. The quantitative estimate of drug-likeness (QED) is 0.704. The van der Waals surface area contributed by atoms with Gasteiger partial charge in [-0.2, -0.15) is 4.31 Å². The first kappa shape index (κ1) is 19.6. The van der Waals surface area contributed by atoms with Crippen molar-refractivity contribution in [2.75, 3.05) is 64.6 Å². The molecule has 1 aliphatic rings. The maximum Gasteiger partial charge on any atom is 0.239 e. The number of carbonyl (C=O) groups excluding carboxylic acids is 1. The highest BCUT2D eigenvalue weighted by Crippen LogP contribution is 2.22. The second-order valence-corrected chi connectivity index (χ2v) is 7.78. The monoisotopic (exact) mass is 371 g/mol. The number of para-hydroxylation sites is 2. The van der Waals surface area contributed by atoms with Gasteiger partial charge in [-0.25, -0.2) is 8.42 Å². The molecule has 0 radical (unpaired) electrons. The Labute approximate surface area is 148 Å². The van der Waals surface area contributed by atoms with Gasteiger partial charge in [-0.1, -0.05) is 12.1 Å². The minimum Gasteiger partial charge on any atom is -0.495 e. The fourth-order valence-electron chi connectivity index (χ4n) is 2.54. The van der Waals surface area contributed by atoms with Crippen LogP contribution in [0.4, 0.5) is 5.69 Å². The standard InChI is InChI=1S/C16H25N3O5S/c1-23-15-6-4-3-5-14(15)17-16(20)13-19(25(2,21)22)8-7-18-9-11-24-12-10-18/h3-6H,7-13H2,1-2H3,(H,17,20). The second-order valence-electron chi connectivity index (χ2n) is 5.80. The molecule has 0 aliphatic carbocycles. The molecule has 0 bridgehead atoms. The summed E-state index contributed by atoms with van der Waals surface area (Å²) in [7, 11) is -1.98. The fraction of sp³-hybridized carbons (Fsp3) is 0.562. The summed E-state index contributed by atoms with van der Waals surface area (Å²) in [5.74, 6) is 0.118. The van der Waals surface area contributed by atoms with Crippen molar-refractivity contribution in [3.63, 3.8) is 0 Å². The van der Waals surface area contributed by atoms with E-state index in [0.29, 0.717) is 31.2 Å². The van der Waals surface area contributed by atoms with Gasteiger partial charge in [0.1, 0.15) is 5.75 Å². The number of methoxy groups -OCH3 is 1. The van der Waals surface area contributed by atoms with Gasteiger partial charge in [-0.05, 0) is 12.1 Å². The third-order valence-corrected chi connectivity index (χ3v) is 5.19. The molecule has 1 aliphatic heterocycles. The summed E-state index contributed by atoms with van der Waals surface area (Å²) in [6.07, 6.45) is 1.11. The van der Waals surface area contributed by atoms with Gasteiger partial charge in [0.2, 0.25) is 15.9 Å². The van der Waals surface area contributed by atoms with Crippen molar-refractivity contribution in [3.05, 3.63) is 24.3 Å². The average molecular weight is 371 g/mol. The Morgan fingerprint density at radius 3 is 2.64 bits per heavy atom. The van der Waals surface area contributed by atoms with Crippen LogP contribution in [-0.2, 0) is 19.6 Å². The summed E-state index contributed by atoms with van der Waals surface area (Å²) in [4.78, 5) is 14.4. The topological polar surface area (TPSA) is 88.2 Å². The Kier molecular flexibility index (Phi) is 7.18. The molecule has 2 rings (SSSR count). The number of hydrogen-bond acceptors (Lipinski definition) is 6. The SMILES string of the molecule is COc1ccccc1NC(=O)CN(CCN1CCOCC1)S(C)(=O)=O. The van der Waals surface area contributed by atoms with Crippen LogP contribution in [0.1, 0.15) is 0 Å². The van der Waals surface area contributed by atoms with Crippen LogP contribution in [0.3, 0.4) is 0 Å². The summed E-state index contributed by atoms with van der Waals surface area (Å²) in [5, 5.41) is 2.70. The lowest BCUT2D eigenvalue weighted by Crippen LogP contribution is -2.45. The van der Waals surface area contributed by atoms with Crippen LogP contribution in [-0.4, -0.2) is 82.8 Å². The number of ether oxygens (including phenoxy) is 2. The molecule has 1 N–H and O–H groups in total. The molecule has 140 valence electrons. The van der Waals surface area contributed by atoms with Crippen molar-refractivity contribution in [2.45, 2.75) is 0 Å². The molecule has 9 heteroatoms. The fourth-order valence-corrected chi connectivity index (χ4v) is 3.30. The van der Waals surface area contributed by atoms with Crippen LogP contribution < -0.4 is 10.1 Å². The van der Waals surface area contributed by atoms with E-state index in [1.165, 1.54) is 11.4 Å². The lowest BCUT2D eigenvalue weighted by molar-refractivity contribution is -0.116. The molecule has 0 atom stereocenters. The van der Waals surface area contributed by atoms with Crippen molar-refractivity contribution in [1.82, 2.24) is 9.21 Å². The molecule has 1 saturated heterocycles. The molecule has 1 aromatic carbocycles. The zero-order valence-corrected chi connectivity index (χ0v) is 15.4. The molecule has 8 nitrogen and oxygen atoms in total. The van der Waals surface area contributed by atoms with E-state index in [0.717, 1.165) is 19.3 Å². The third-order valence-electron chi connectivity index (χ3n) is 3.94. The summed E-state index contributed by atoms with van der Waals surface area (Å²) in [5.41, 5.74) is 0.511. The predicted octanol–water partition coefficient (Wildman–Crippen LogP) is 0.228. The van der Waals surface area contributed by atoms with E-state index < -0.39 is 15.9 Å². The molecule has 0 unspecified atom stereocenters. The summed E-state index contributed by atoms with van der Waals surface area (Å²) in [6.45, 7) is 3.42. The Bertz CT molecular complexity index is 674. The highest BCUT2D eigenvalue weighted by Gasteiger charge is 2.22. The van der Waals surface area contributed by atoms with Crippen LogP contribution in [0.5, 0.6) is 5.75 Å². The van der Waals surface area contributed by atoms with Gasteiger partial charge >= 0.3 is 0 Å². The number of morpholine rings is 1. The lowest BCUT2D eigenvalue weighted by Gasteiger charge is -2.29. The van der Waals surface area contributed by atoms with E-state index in [9.17, 15) is 13.2 Å². The Morgan fingerprint density at radius 1 is 1.32 bits per heavy atom. The highest BCUT2D eigenvalue weighted by molar-refractivity contribution is 7.88. The van der Waals surface area contributed by atoms with Crippen LogP contribution in [0.25, 0.3) is 0 Å². The van der Waals surface area contributed by atoms with Crippen LogP contribution >= 0.6 is 0 Å². The first-order chi connectivity index (χ1) is 11.9. The van der Waals surface area contributed by atoms with Crippen LogP contribution in [0, 0.1) is 0 Å². The maximum atomic E-state index is 12.3. The normalized spacial score (nSPS) is 16.0. The van der Waals surface area contributed by atoms with Gasteiger partial charge < -0.3 is 14.8 Å². The van der Waals surface area contributed by atoms with E-state index in [2.05, 4.69) is 10.2 Å². The number of anilines is 1. The number of rotatable bonds is 8. The van der Waals surface area contributed by atoms with Crippen molar-refractivity contribution in [3.8, 4) is 5.75 Å². The summed E-state index contributed by atoms with van der Waals surface area (Å²) in [6, 6.07) is 6.99. The average Bonchev–Trinajstić information content (AvgIpc) is 2.59. The molecule has 0 aromatic heterocycles. The van der Waals surface area contributed by atoms with Gasteiger partial charge in [-0.15, -0.1) is 0 Å². The van der Waals surface area contributed by atoms with E-state index in [-0.39, 0.29) is 13.1 Å². The maximum absolute atomic E-state index is 12.3. The minimum atomic E-state index is -3.49. The van der Waals surface area contributed by atoms with E-state index in [1.807, 2.05) is 0 Å². The molecular formula is C16H25N3O5S. The lowest BCUT2D eigenvalue weighted by atomic mass is 10.3. The zero-order chi connectivity index (χ0) is 18.3. The molecule has 1 aromatic rings. The first-order valence-electron chi connectivity index (χ1n) is 8.08. The third kappa shape index (κ3) is 6.28. The van der Waals surface area contributed by atoms with Gasteiger partial charge in [0.25, 0.3) is 0 Å². The molecular weight excluding hydrogens is 346 g/mol. The van der Waals surface area contributed by atoms with Gasteiger partial charge in [0.15, 0.2) is 0 Å². The van der Waals surface area contributed by atoms with Crippen molar-refractivity contribution >= 4 is 21.6 Å².